The molecule has 4 N–H and O–H groups in total. The van der Waals surface area contributed by atoms with E-state index in [0.717, 1.165) is 6.54 Å². The van der Waals surface area contributed by atoms with E-state index in [2.05, 4.69) is 12.1 Å². The molecule has 0 bridgehead atoms. The minimum absolute atomic E-state index is 0. The molecule has 0 aliphatic rings. The summed E-state index contributed by atoms with van der Waals surface area (Å²) in [5.41, 5.74) is 13.9. The summed E-state index contributed by atoms with van der Waals surface area (Å²) in [6.07, 6.45) is 3.78. The normalized spacial score (nSPS) is 9.50. The summed E-state index contributed by atoms with van der Waals surface area (Å²) in [7, 11) is 0. The van der Waals surface area contributed by atoms with Gasteiger partial charge in [-0.25, -0.2) is 0 Å². The van der Waals surface area contributed by atoms with Crippen LogP contribution in [-0.4, -0.2) is 0 Å². The zero-order chi connectivity index (χ0) is 10.7. The number of anilines is 2. The molecule has 0 aliphatic heterocycles. The van der Waals surface area contributed by atoms with E-state index in [1.54, 1.807) is 0 Å². The Morgan fingerprint density at radius 3 is 2.25 bits per heavy atom. The Morgan fingerprint density at radius 1 is 0.938 bits per heavy atom. The second-order valence-electron chi connectivity index (χ2n) is 3.51. The molecule has 4 heteroatoms. The number of rotatable bonds is 2. The number of benzene rings is 1. The summed E-state index contributed by atoms with van der Waals surface area (Å²) >= 11 is 0. The van der Waals surface area contributed by atoms with Gasteiger partial charge in [0.2, 0.25) is 0 Å². The van der Waals surface area contributed by atoms with Crippen LogP contribution >= 0.6 is 0 Å². The number of nitrogens with zero attached hydrogens (tertiary/aromatic N) is 1. The summed E-state index contributed by atoms with van der Waals surface area (Å²) in [5, 5.41) is 0. The first-order chi connectivity index (χ1) is 7.25. The SMILES string of the molecule is Nc1cc[n+](Cc2ccccc2)cc1N.[Cl-]. The molecule has 0 amide bonds. The fraction of sp³-hybridized carbons (Fsp3) is 0.0833. The lowest BCUT2D eigenvalue weighted by atomic mass is 10.2. The smallest absolute Gasteiger partial charge is 0.194 e. The first-order valence-corrected chi connectivity index (χ1v) is 4.83. The predicted octanol–water partition coefficient (Wildman–Crippen LogP) is -1.81. The molecule has 0 fully saturated rings. The van der Waals surface area contributed by atoms with E-state index in [-0.39, 0.29) is 12.4 Å². The van der Waals surface area contributed by atoms with E-state index in [1.165, 1.54) is 5.56 Å². The zero-order valence-corrected chi connectivity index (χ0v) is 9.56. The molecule has 0 saturated carbocycles. The lowest BCUT2D eigenvalue weighted by molar-refractivity contribution is -0.687. The number of hydrogen-bond donors (Lipinski definition) is 2. The highest BCUT2D eigenvalue weighted by Crippen LogP contribution is 2.09. The molecule has 2 aromatic rings. The third-order valence-corrected chi connectivity index (χ3v) is 2.29. The lowest BCUT2D eigenvalue weighted by Crippen LogP contribution is -3.00. The van der Waals surface area contributed by atoms with Gasteiger partial charge in [0, 0.05) is 11.6 Å². The van der Waals surface area contributed by atoms with Crippen molar-refractivity contribution in [1.29, 1.82) is 0 Å². The van der Waals surface area contributed by atoms with Crippen molar-refractivity contribution in [3.05, 3.63) is 54.4 Å². The molecule has 3 nitrogen and oxygen atoms in total. The van der Waals surface area contributed by atoms with E-state index in [4.69, 9.17) is 11.5 Å². The van der Waals surface area contributed by atoms with Crippen LogP contribution in [0.15, 0.2) is 48.8 Å². The maximum atomic E-state index is 5.73. The minimum atomic E-state index is 0. The first kappa shape index (κ1) is 12.3. The van der Waals surface area contributed by atoms with Crippen LogP contribution in [0.4, 0.5) is 11.4 Å². The van der Waals surface area contributed by atoms with Gasteiger partial charge in [0.05, 0.1) is 5.69 Å². The Kier molecular flexibility index (Phi) is 4.14. The average Bonchev–Trinajstić information content (AvgIpc) is 2.25. The Hall–Kier alpha value is -1.74. The van der Waals surface area contributed by atoms with Gasteiger partial charge in [0.15, 0.2) is 18.9 Å². The quantitative estimate of drug-likeness (QED) is 0.603. The maximum Gasteiger partial charge on any atom is 0.194 e. The summed E-state index contributed by atoms with van der Waals surface area (Å²) < 4.78 is 2.01. The van der Waals surface area contributed by atoms with Crippen molar-refractivity contribution in [3.63, 3.8) is 0 Å². The Labute approximate surface area is 101 Å². The Morgan fingerprint density at radius 2 is 1.62 bits per heavy atom. The molecule has 0 saturated heterocycles. The fourth-order valence-electron chi connectivity index (χ4n) is 1.46. The van der Waals surface area contributed by atoms with Gasteiger partial charge in [0.25, 0.3) is 0 Å². The van der Waals surface area contributed by atoms with Crippen molar-refractivity contribution in [3.8, 4) is 0 Å². The van der Waals surface area contributed by atoms with Gasteiger partial charge in [-0.2, -0.15) is 4.57 Å². The molecule has 2 rings (SSSR count). The fourth-order valence-corrected chi connectivity index (χ4v) is 1.46. The van der Waals surface area contributed by atoms with E-state index in [9.17, 15) is 0 Å². The van der Waals surface area contributed by atoms with Crippen molar-refractivity contribution >= 4 is 11.4 Å². The van der Waals surface area contributed by atoms with E-state index >= 15 is 0 Å². The van der Waals surface area contributed by atoms with Crippen LogP contribution in [0, 0.1) is 0 Å². The van der Waals surface area contributed by atoms with Crippen molar-refractivity contribution in [2.45, 2.75) is 6.54 Å². The number of pyridine rings is 1. The van der Waals surface area contributed by atoms with Crippen LogP contribution < -0.4 is 28.4 Å². The third kappa shape index (κ3) is 2.87. The van der Waals surface area contributed by atoms with Gasteiger partial charge in [-0.3, -0.25) is 0 Å². The number of hydrogen-bond acceptors (Lipinski definition) is 2. The van der Waals surface area contributed by atoms with E-state index in [0.29, 0.717) is 11.4 Å². The molecule has 0 spiro atoms. The third-order valence-electron chi connectivity index (χ3n) is 2.29. The average molecular weight is 236 g/mol. The molecule has 84 valence electrons. The van der Waals surface area contributed by atoms with Crippen molar-refractivity contribution in [1.82, 2.24) is 0 Å². The van der Waals surface area contributed by atoms with Crippen molar-refractivity contribution in [2.75, 3.05) is 11.5 Å². The molecule has 1 aromatic carbocycles. The molecule has 1 aromatic heterocycles. The Balaban J connectivity index is 0.00000128. The van der Waals surface area contributed by atoms with Gasteiger partial charge >= 0.3 is 0 Å². The van der Waals surface area contributed by atoms with Gasteiger partial charge < -0.3 is 23.9 Å². The van der Waals surface area contributed by atoms with Gasteiger partial charge in [-0.1, -0.05) is 30.3 Å². The van der Waals surface area contributed by atoms with Crippen LogP contribution in [0.5, 0.6) is 0 Å². The standard InChI is InChI=1S/C12H13N3.ClH/c13-11-6-7-15(9-12(11)14)8-10-4-2-1-3-5-10;/h1-7,9,13H,8,14H2;1H. The summed E-state index contributed by atoms with van der Waals surface area (Å²) in [6.45, 7) is 0.811. The highest BCUT2D eigenvalue weighted by Gasteiger charge is 2.04. The van der Waals surface area contributed by atoms with Crippen LogP contribution in [0.25, 0.3) is 0 Å². The summed E-state index contributed by atoms with van der Waals surface area (Å²) in [5.74, 6) is 0. The maximum absolute atomic E-state index is 5.73. The summed E-state index contributed by atoms with van der Waals surface area (Å²) in [4.78, 5) is 0. The predicted molar refractivity (Wildman–Crippen MR) is 61.0 cm³/mol. The van der Waals surface area contributed by atoms with Gasteiger partial charge in [-0.15, -0.1) is 0 Å². The molecule has 0 unspecified atom stereocenters. The summed E-state index contributed by atoms with van der Waals surface area (Å²) in [6, 6.07) is 12.0. The molecular weight excluding hydrogens is 222 g/mol. The first-order valence-electron chi connectivity index (χ1n) is 4.83. The number of nitrogens with two attached hydrogens (primary N) is 2. The van der Waals surface area contributed by atoms with Crippen LogP contribution in [0.1, 0.15) is 5.56 Å². The van der Waals surface area contributed by atoms with Crippen LogP contribution in [0.3, 0.4) is 0 Å². The highest BCUT2D eigenvalue weighted by atomic mass is 35.5. The minimum Gasteiger partial charge on any atom is -1.00 e. The molecular formula is C12H14ClN3. The van der Waals surface area contributed by atoms with Gasteiger partial charge in [-0.05, 0) is 0 Å². The van der Waals surface area contributed by atoms with Crippen LogP contribution in [-0.2, 0) is 6.54 Å². The lowest BCUT2D eigenvalue weighted by Gasteiger charge is -2.00. The zero-order valence-electron chi connectivity index (χ0n) is 8.81. The largest absolute Gasteiger partial charge is 1.00 e. The second-order valence-corrected chi connectivity index (χ2v) is 3.51. The molecule has 0 aliphatic carbocycles. The molecule has 0 radical (unpaired) electrons. The number of halogens is 1. The molecule has 1 heterocycles. The highest BCUT2D eigenvalue weighted by molar-refractivity contribution is 5.59. The number of nitrogen functional groups attached to an aromatic ring is 2. The second kappa shape index (κ2) is 5.37. The van der Waals surface area contributed by atoms with E-state index in [1.807, 2.05) is 41.2 Å². The molecule has 0 atom stereocenters. The van der Waals surface area contributed by atoms with Gasteiger partial charge in [0.1, 0.15) is 5.69 Å². The van der Waals surface area contributed by atoms with Crippen LogP contribution in [0.2, 0.25) is 0 Å². The Bertz CT molecular complexity index is 457. The van der Waals surface area contributed by atoms with Crippen molar-refractivity contribution in [2.24, 2.45) is 0 Å². The monoisotopic (exact) mass is 235 g/mol. The molecule has 16 heavy (non-hydrogen) atoms. The number of aromatic nitrogens is 1. The van der Waals surface area contributed by atoms with Crippen molar-refractivity contribution < 1.29 is 17.0 Å². The topological polar surface area (TPSA) is 55.9 Å². The van der Waals surface area contributed by atoms with E-state index < -0.39 is 0 Å².